The highest BCUT2D eigenvalue weighted by Crippen LogP contribution is 2.32. The zero-order valence-electron chi connectivity index (χ0n) is 21.5. The maximum Gasteiger partial charge on any atom is 0.229 e. The fraction of sp³-hybridized carbons (Fsp3) is 0.370. The molecular weight excluding hydrogens is 441 g/mol. The summed E-state index contributed by atoms with van der Waals surface area (Å²) in [6, 6.07) is 11.9. The van der Waals surface area contributed by atoms with E-state index in [2.05, 4.69) is 63.7 Å². The Morgan fingerprint density at radius 1 is 1.11 bits per heavy atom. The molecule has 0 aliphatic rings. The molecule has 0 aliphatic heterocycles. The van der Waals surface area contributed by atoms with E-state index in [4.69, 9.17) is 0 Å². The average Bonchev–Trinajstić information content (AvgIpc) is 3.34. The second-order valence-electron chi connectivity index (χ2n) is 8.51. The van der Waals surface area contributed by atoms with E-state index in [1.165, 1.54) is 17.3 Å². The summed E-state index contributed by atoms with van der Waals surface area (Å²) in [5.41, 5.74) is 4.99. The van der Waals surface area contributed by atoms with Gasteiger partial charge in [0.25, 0.3) is 0 Å². The number of nitrogens with zero attached hydrogens (tertiary/aromatic N) is 4. The number of H-pyrrole nitrogens is 1. The monoisotopic (exact) mass is 477 g/mol. The van der Waals surface area contributed by atoms with Crippen LogP contribution in [-0.2, 0) is 6.54 Å². The minimum absolute atomic E-state index is 0.218. The lowest BCUT2D eigenvalue weighted by Crippen LogP contribution is -2.20. The van der Waals surface area contributed by atoms with Crippen molar-refractivity contribution < 1.29 is 4.39 Å². The quantitative estimate of drug-likeness (QED) is 0.256. The lowest BCUT2D eigenvalue weighted by Gasteiger charge is -2.23. The molecule has 0 saturated heterocycles. The fourth-order valence-corrected chi connectivity index (χ4v) is 3.83. The molecule has 4 aromatic rings. The highest BCUT2D eigenvalue weighted by atomic mass is 19.1. The zero-order chi connectivity index (χ0) is 25.4. The molecule has 0 unspecified atom stereocenters. The first kappa shape index (κ1) is 26.1. The summed E-state index contributed by atoms with van der Waals surface area (Å²) in [6.45, 7) is 14.8. The lowest BCUT2D eigenvalue weighted by atomic mass is 10.1. The Morgan fingerprint density at radius 3 is 2.63 bits per heavy atom. The molecule has 186 valence electrons. The molecule has 7 nitrogen and oxygen atoms in total. The van der Waals surface area contributed by atoms with E-state index in [1.807, 2.05) is 49.9 Å². The van der Waals surface area contributed by atoms with Crippen molar-refractivity contribution in [2.45, 2.75) is 48.1 Å². The van der Waals surface area contributed by atoms with Gasteiger partial charge in [-0.25, -0.2) is 9.37 Å². The number of hydrogen-bond acceptors (Lipinski definition) is 6. The molecule has 0 spiro atoms. The molecule has 8 heteroatoms. The maximum absolute atomic E-state index is 14.8. The highest BCUT2D eigenvalue weighted by molar-refractivity contribution is 5.93. The van der Waals surface area contributed by atoms with Gasteiger partial charge in [0.15, 0.2) is 11.6 Å². The Hall–Kier alpha value is -3.52. The van der Waals surface area contributed by atoms with Crippen LogP contribution in [0.25, 0.3) is 10.9 Å². The zero-order valence-corrected chi connectivity index (χ0v) is 21.5. The first-order chi connectivity index (χ1) is 17.0. The number of rotatable bonds is 9. The number of aromatic amines is 1. The standard InChI is InChI=1S/C25H30FN7.C2H6/c1-5-33(23-8-6-7-22-20(23)14-29-32-22)24-21(26)15-28-25(31-24)30-19-10-9-18(17(4)11-19)13-27-12-16(2)3;1-2/h6-11,14-16,27H,5,12-13H2,1-4H3,(H,29,32)(H,28,30,31);1-2H3. The molecule has 0 atom stereocenters. The molecular formula is C27H36FN7. The molecule has 2 aromatic carbocycles. The lowest BCUT2D eigenvalue weighted by molar-refractivity contribution is 0.551. The molecule has 0 bridgehead atoms. The molecule has 35 heavy (non-hydrogen) atoms. The molecule has 0 aliphatic carbocycles. The normalized spacial score (nSPS) is 10.9. The Labute approximate surface area is 207 Å². The van der Waals surface area contributed by atoms with Crippen molar-refractivity contribution in [2.24, 2.45) is 5.92 Å². The average molecular weight is 478 g/mol. The first-order valence-corrected chi connectivity index (χ1v) is 12.3. The van der Waals surface area contributed by atoms with Crippen molar-refractivity contribution in [1.82, 2.24) is 25.5 Å². The Morgan fingerprint density at radius 2 is 1.91 bits per heavy atom. The van der Waals surface area contributed by atoms with E-state index in [1.54, 1.807) is 6.20 Å². The molecule has 2 aromatic heterocycles. The Kier molecular flexibility index (Phi) is 9.14. The summed E-state index contributed by atoms with van der Waals surface area (Å²) in [5.74, 6) is 0.689. The van der Waals surface area contributed by atoms with E-state index in [-0.39, 0.29) is 5.82 Å². The van der Waals surface area contributed by atoms with Gasteiger partial charge in [-0.05, 0) is 61.7 Å². The summed E-state index contributed by atoms with van der Waals surface area (Å²) in [4.78, 5) is 10.5. The largest absolute Gasteiger partial charge is 0.324 e. The van der Waals surface area contributed by atoms with Crippen LogP contribution in [0.4, 0.5) is 27.5 Å². The molecule has 3 N–H and O–H groups in total. The van der Waals surface area contributed by atoms with Crippen molar-refractivity contribution in [3.63, 3.8) is 0 Å². The van der Waals surface area contributed by atoms with Crippen LogP contribution in [-0.4, -0.2) is 33.3 Å². The van der Waals surface area contributed by atoms with Crippen molar-refractivity contribution in [3.8, 4) is 0 Å². The predicted molar refractivity (Wildman–Crippen MR) is 143 cm³/mol. The summed E-state index contributed by atoms with van der Waals surface area (Å²) in [5, 5.41) is 14.7. The smallest absolute Gasteiger partial charge is 0.229 e. The van der Waals surface area contributed by atoms with Crippen molar-refractivity contribution in [1.29, 1.82) is 0 Å². The third-order valence-electron chi connectivity index (χ3n) is 5.52. The molecule has 0 amide bonds. The van der Waals surface area contributed by atoms with Crippen LogP contribution in [0.3, 0.4) is 0 Å². The second kappa shape index (κ2) is 12.3. The van der Waals surface area contributed by atoms with Gasteiger partial charge in [0, 0.05) is 24.2 Å². The van der Waals surface area contributed by atoms with Gasteiger partial charge in [-0.2, -0.15) is 10.1 Å². The Bertz CT molecular complexity index is 1240. The van der Waals surface area contributed by atoms with Gasteiger partial charge in [0.1, 0.15) is 0 Å². The number of benzene rings is 2. The predicted octanol–water partition coefficient (Wildman–Crippen LogP) is 6.47. The van der Waals surface area contributed by atoms with Crippen LogP contribution in [0.2, 0.25) is 0 Å². The summed E-state index contributed by atoms with van der Waals surface area (Å²) in [7, 11) is 0. The van der Waals surface area contributed by atoms with Crippen molar-refractivity contribution in [2.75, 3.05) is 23.3 Å². The van der Waals surface area contributed by atoms with Crippen LogP contribution in [0.5, 0.6) is 0 Å². The molecule has 4 rings (SSSR count). The van der Waals surface area contributed by atoms with Gasteiger partial charge in [-0.15, -0.1) is 0 Å². The number of halogens is 1. The number of aromatic nitrogens is 4. The van der Waals surface area contributed by atoms with Gasteiger partial charge < -0.3 is 15.5 Å². The van der Waals surface area contributed by atoms with E-state index in [0.29, 0.717) is 18.4 Å². The van der Waals surface area contributed by atoms with E-state index in [0.717, 1.165) is 35.4 Å². The third kappa shape index (κ3) is 6.33. The topological polar surface area (TPSA) is 81.8 Å². The number of nitrogens with one attached hydrogen (secondary N) is 3. The van der Waals surface area contributed by atoms with E-state index < -0.39 is 5.82 Å². The summed E-state index contributed by atoms with van der Waals surface area (Å²) >= 11 is 0. The Balaban J connectivity index is 0.00000167. The highest BCUT2D eigenvalue weighted by Gasteiger charge is 2.18. The van der Waals surface area contributed by atoms with Crippen LogP contribution in [0.15, 0.2) is 48.8 Å². The number of aryl methyl sites for hydroxylation is 1. The molecule has 0 radical (unpaired) electrons. The van der Waals surface area contributed by atoms with Gasteiger partial charge in [-0.3, -0.25) is 5.10 Å². The molecule has 2 heterocycles. The van der Waals surface area contributed by atoms with E-state index in [9.17, 15) is 4.39 Å². The maximum atomic E-state index is 14.8. The molecule has 0 saturated carbocycles. The van der Waals surface area contributed by atoms with Gasteiger partial charge in [0.05, 0.1) is 23.6 Å². The van der Waals surface area contributed by atoms with Crippen LogP contribution in [0, 0.1) is 18.7 Å². The van der Waals surface area contributed by atoms with Crippen LogP contribution < -0.4 is 15.5 Å². The van der Waals surface area contributed by atoms with Crippen LogP contribution >= 0.6 is 0 Å². The van der Waals surface area contributed by atoms with Crippen molar-refractivity contribution in [3.05, 3.63) is 65.7 Å². The van der Waals surface area contributed by atoms with Crippen LogP contribution in [0.1, 0.15) is 45.7 Å². The number of hydrogen-bond donors (Lipinski definition) is 3. The fourth-order valence-electron chi connectivity index (χ4n) is 3.83. The first-order valence-electron chi connectivity index (χ1n) is 12.3. The van der Waals surface area contributed by atoms with Gasteiger partial charge >= 0.3 is 0 Å². The van der Waals surface area contributed by atoms with Crippen molar-refractivity contribution >= 4 is 34.0 Å². The third-order valence-corrected chi connectivity index (χ3v) is 5.52. The number of anilines is 4. The summed E-state index contributed by atoms with van der Waals surface area (Å²) in [6.07, 6.45) is 2.95. The van der Waals surface area contributed by atoms with Gasteiger partial charge in [-0.1, -0.05) is 39.8 Å². The minimum atomic E-state index is -0.481. The summed E-state index contributed by atoms with van der Waals surface area (Å²) < 4.78 is 14.8. The molecule has 0 fully saturated rings. The number of fused-ring (bicyclic) bond motifs is 1. The van der Waals surface area contributed by atoms with Gasteiger partial charge in [0.2, 0.25) is 5.95 Å². The second-order valence-corrected chi connectivity index (χ2v) is 8.51. The minimum Gasteiger partial charge on any atom is -0.324 e. The van der Waals surface area contributed by atoms with E-state index >= 15 is 0 Å². The SMILES string of the molecule is CC.CCN(c1nc(Nc2ccc(CNCC(C)C)c(C)c2)ncc1F)c1cccc2[nH]ncc12.